The van der Waals surface area contributed by atoms with Crippen LogP contribution in [-0.4, -0.2) is 50.6 Å². The maximum absolute atomic E-state index is 12.4. The van der Waals surface area contributed by atoms with E-state index < -0.39 is 27.9 Å². The van der Waals surface area contributed by atoms with Crippen LogP contribution in [0.15, 0.2) is 11.4 Å². The van der Waals surface area contributed by atoms with E-state index in [2.05, 4.69) is 10.1 Å². The standard InChI is InChI=1S/C13H18N2O5S2/c1-20-13(17)9-6-8-21-12(9)14-11(16)10-5-3-4-7-15(10)22(2,18)19/h6,8,10H,3-5,7H2,1-2H3,(H,14,16). The molecule has 22 heavy (non-hydrogen) atoms. The number of esters is 1. The lowest BCUT2D eigenvalue weighted by atomic mass is 10.0. The summed E-state index contributed by atoms with van der Waals surface area (Å²) in [5.74, 6) is -0.960. The lowest BCUT2D eigenvalue weighted by Crippen LogP contribution is -2.49. The van der Waals surface area contributed by atoms with Gasteiger partial charge in [-0.1, -0.05) is 6.42 Å². The van der Waals surface area contributed by atoms with Gasteiger partial charge in [0.1, 0.15) is 11.0 Å². The molecular formula is C13H18N2O5S2. The van der Waals surface area contributed by atoms with Gasteiger partial charge in [-0.05, 0) is 24.3 Å². The quantitative estimate of drug-likeness (QED) is 0.829. The zero-order valence-electron chi connectivity index (χ0n) is 12.4. The normalized spacial score (nSPS) is 19.6. The molecule has 9 heteroatoms. The van der Waals surface area contributed by atoms with Crippen molar-refractivity contribution in [2.75, 3.05) is 25.2 Å². The van der Waals surface area contributed by atoms with Crippen LogP contribution in [0.5, 0.6) is 0 Å². The lowest BCUT2D eigenvalue weighted by Gasteiger charge is -2.32. The number of carbonyl (C=O) groups is 2. The SMILES string of the molecule is COC(=O)c1ccsc1NC(=O)C1CCCCN1S(C)(=O)=O. The molecule has 0 bridgehead atoms. The molecule has 1 aromatic rings. The average Bonchev–Trinajstić information content (AvgIpc) is 2.93. The molecule has 2 heterocycles. The summed E-state index contributed by atoms with van der Waals surface area (Å²) in [7, 11) is -2.18. The Labute approximate surface area is 133 Å². The highest BCUT2D eigenvalue weighted by Crippen LogP contribution is 2.26. The third-order valence-corrected chi connectivity index (χ3v) is 5.61. The molecule has 1 fully saturated rings. The number of rotatable bonds is 4. The minimum absolute atomic E-state index is 0.266. The summed E-state index contributed by atoms with van der Waals surface area (Å²) in [5, 5.41) is 4.69. The average molecular weight is 346 g/mol. The van der Waals surface area contributed by atoms with Crippen LogP contribution in [0.3, 0.4) is 0 Å². The Morgan fingerprint density at radius 1 is 1.41 bits per heavy atom. The number of hydrogen-bond acceptors (Lipinski definition) is 6. The van der Waals surface area contributed by atoms with Crippen molar-refractivity contribution < 1.29 is 22.7 Å². The first-order chi connectivity index (χ1) is 10.3. The van der Waals surface area contributed by atoms with Crippen LogP contribution in [0.25, 0.3) is 0 Å². The van der Waals surface area contributed by atoms with Gasteiger partial charge in [-0.2, -0.15) is 4.31 Å². The first-order valence-corrected chi connectivity index (χ1v) is 9.51. The molecule has 0 saturated carbocycles. The Morgan fingerprint density at radius 2 is 2.14 bits per heavy atom. The molecule has 0 spiro atoms. The number of hydrogen-bond donors (Lipinski definition) is 1. The number of anilines is 1. The Bertz CT molecular complexity index is 668. The van der Waals surface area contributed by atoms with Crippen LogP contribution in [0.4, 0.5) is 5.00 Å². The highest BCUT2D eigenvalue weighted by atomic mass is 32.2. The zero-order chi connectivity index (χ0) is 16.3. The number of ether oxygens (including phenoxy) is 1. The number of nitrogens with one attached hydrogen (secondary N) is 1. The lowest BCUT2D eigenvalue weighted by molar-refractivity contribution is -0.120. The molecule has 1 unspecified atom stereocenters. The van der Waals surface area contributed by atoms with E-state index in [0.717, 1.165) is 19.1 Å². The summed E-state index contributed by atoms with van der Waals surface area (Å²) < 4.78 is 29.5. The van der Waals surface area contributed by atoms with Crippen molar-refractivity contribution in [3.63, 3.8) is 0 Å². The number of methoxy groups -OCH3 is 1. The van der Waals surface area contributed by atoms with E-state index in [4.69, 9.17) is 0 Å². The second kappa shape index (κ2) is 6.76. The number of carbonyl (C=O) groups excluding carboxylic acids is 2. The Morgan fingerprint density at radius 3 is 2.77 bits per heavy atom. The summed E-state index contributed by atoms with van der Waals surface area (Å²) in [4.78, 5) is 24.0. The van der Waals surface area contributed by atoms with Crippen molar-refractivity contribution in [2.45, 2.75) is 25.3 Å². The van der Waals surface area contributed by atoms with E-state index in [1.54, 1.807) is 11.4 Å². The highest BCUT2D eigenvalue weighted by Gasteiger charge is 2.35. The number of nitrogens with zero attached hydrogens (tertiary/aromatic N) is 1. The van der Waals surface area contributed by atoms with Crippen molar-refractivity contribution in [3.05, 3.63) is 17.0 Å². The van der Waals surface area contributed by atoms with Gasteiger partial charge in [0.05, 0.1) is 18.9 Å². The molecular weight excluding hydrogens is 328 g/mol. The first-order valence-electron chi connectivity index (χ1n) is 6.78. The maximum atomic E-state index is 12.4. The van der Waals surface area contributed by atoms with Gasteiger partial charge in [0.15, 0.2) is 0 Å². The van der Waals surface area contributed by atoms with Gasteiger partial charge >= 0.3 is 5.97 Å². The molecule has 2 rings (SSSR count). The second-order valence-electron chi connectivity index (χ2n) is 5.03. The van der Waals surface area contributed by atoms with E-state index in [1.165, 1.54) is 22.8 Å². The fourth-order valence-corrected chi connectivity index (χ4v) is 4.34. The van der Waals surface area contributed by atoms with Crippen LogP contribution in [0.1, 0.15) is 29.6 Å². The molecule has 1 N–H and O–H groups in total. The minimum Gasteiger partial charge on any atom is -0.465 e. The monoisotopic (exact) mass is 346 g/mol. The van der Waals surface area contributed by atoms with E-state index in [-0.39, 0.29) is 5.56 Å². The van der Waals surface area contributed by atoms with Gasteiger partial charge in [0, 0.05) is 6.54 Å². The van der Waals surface area contributed by atoms with Crippen molar-refractivity contribution >= 4 is 38.2 Å². The Balaban J connectivity index is 2.18. The molecule has 1 saturated heterocycles. The van der Waals surface area contributed by atoms with Crippen molar-refractivity contribution in [1.29, 1.82) is 0 Å². The molecule has 1 aromatic heterocycles. The van der Waals surface area contributed by atoms with Crippen molar-refractivity contribution in [3.8, 4) is 0 Å². The van der Waals surface area contributed by atoms with E-state index >= 15 is 0 Å². The van der Waals surface area contributed by atoms with Gasteiger partial charge in [0.25, 0.3) is 0 Å². The second-order valence-corrected chi connectivity index (χ2v) is 7.88. The number of piperidine rings is 1. The third kappa shape index (κ3) is 3.65. The van der Waals surface area contributed by atoms with Crippen LogP contribution in [0.2, 0.25) is 0 Å². The van der Waals surface area contributed by atoms with Gasteiger partial charge in [-0.15, -0.1) is 11.3 Å². The minimum atomic E-state index is -3.45. The third-order valence-electron chi connectivity index (χ3n) is 3.49. The zero-order valence-corrected chi connectivity index (χ0v) is 14.0. The predicted octanol–water partition coefficient (Wildman–Crippen LogP) is 1.29. The molecule has 1 aliphatic heterocycles. The van der Waals surface area contributed by atoms with Crippen LogP contribution in [0, 0.1) is 0 Å². The predicted molar refractivity (Wildman–Crippen MR) is 83.5 cm³/mol. The summed E-state index contributed by atoms with van der Waals surface area (Å²) in [5.41, 5.74) is 0.266. The Hall–Kier alpha value is -1.45. The van der Waals surface area contributed by atoms with E-state index in [9.17, 15) is 18.0 Å². The molecule has 1 atom stereocenters. The van der Waals surface area contributed by atoms with Crippen LogP contribution < -0.4 is 5.32 Å². The molecule has 0 radical (unpaired) electrons. The maximum Gasteiger partial charge on any atom is 0.340 e. The first kappa shape index (κ1) is 16.9. The van der Waals surface area contributed by atoms with Crippen molar-refractivity contribution in [2.24, 2.45) is 0 Å². The largest absolute Gasteiger partial charge is 0.465 e. The van der Waals surface area contributed by atoms with Crippen molar-refractivity contribution in [1.82, 2.24) is 4.31 Å². The van der Waals surface area contributed by atoms with E-state index in [0.29, 0.717) is 18.0 Å². The van der Waals surface area contributed by atoms with Gasteiger partial charge in [-0.25, -0.2) is 13.2 Å². The summed E-state index contributed by atoms with van der Waals surface area (Å²) in [6.45, 7) is 0.339. The van der Waals surface area contributed by atoms with Gasteiger partial charge in [-0.3, -0.25) is 4.79 Å². The molecule has 0 aromatic carbocycles. The molecule has 1 amide bonds. The molecule has 122 valence electrons. The van der Waals surface area contributed by atoms with Gasteiger partial charge < -0.3 is 10.1 Å². The topological polar surface area (TPSA) is 92.8 Å². The smallest absolute Gasteiger partial charge is 0.340 e. The van der Waals surface area contributed by atoms with E-state index in [1.807, 2.05) is 0 Å². The molecule has 0 aliphatic carbocycles. The van der Waals surface area contributed by atoms with Crippen LogP contribution in [-0.2, 0) is 19.6 Å². The highest BCUT2D eigenvalue weighted by molar-refractivity contribution is 7.88. The molecule has 1 aliphatic rings. The van der Waals surface area contributed by atoms with Gasteiger partial charge in [0.2, 0.25) is 15.9 Å². The number of sulfonamides is 1. The Kier molecular flexibility index (Phi) is 5.20. The summed E-state index contributed by atoms with van der Waals surface area (Å²) in [6, 6.07) is 0.817. The summed E-state index contributed by atoms with van der Waals surface area (Å²) in [6.07, 6.45) is 3.10. The fraction of sp³-hybridized carbons (Fsp3) is 0.538. The van der Waals surface area contributed by atoms with Crippen LogP contribution >= 0.6 is 11.3 Å². The number of amides is 1. The fourth-order valence-electron chi connectivity index (χ4n) is 2.44. The molecule has 7 nitrogen and oxygen atoms in total. The summed E-state index contributed by atoms with van der Waals surface area (Å²) >= 11 is 1.19. The number of thiophene rings is 1.